The summed E-state index contributed by atoms with van der Waals surface area (Å²) < 4.78 is 5.90. The number of rotatable bonds is 3. The Morgan fingerprint density at radius 3 is 2.79 bits per heavy atom. The molecule has 100 valence electrons. The molecule has 6 nitrogen and oxygen atoms in total. The summed E-state index contributed by atoms with van der Waals surface area (Å²) in [5.41, 5.74) is 5.60. The van der Waals surface area contributed by atoms with Gasteiger partial charge in [0.2, 0.25) is 10.3 Å². The van der Waals surface area contributed by atoms with Gasteiger partial charge in [0, 0.05) is 32.1 Å². The maximum Gasteiger partial charge on any atom is 0.209 e. The lowest BCUT2D eigenvalue weighted by molar-refractivity contribution is 0.170. The number of hydrogen-bond acceptors (Lipinski definition) is 7. The normalized spacial score (nSPS) is 16.5. The molecule has 0 atom stereocenters. The maximum atomic E-state index is 5.90. The Labute approximate surface area is 115 Å². The molecule has 0 aromatic carbocycles. The Bertz CT molecular complexity index is 524. The van der Waals surface area contributed by atoms with Crippen LogP contribution in [0.15, 0.2) is 24.5 Å². The van der Waals surface area contributed by atoms with E-state index in [0.29, 0.717) is 5.13 Å². The summed E-state index contributed by atoms with van der Waals surface area (Å²) in [4.78, 5) is 6.26. The lowest BCUT2D eigenvalue weighted by Crippen LogP contribution is -2.38. The number of piperidine rings is 1. The second kappa shape index (κ2) is 5.40. The van der Waals surface area contributed by atoms with Crippen LogP contribution in [0.4, 0.5) is 10.3 Å². The van der Waals surface area contributed by atoms with Crippen molar-refractivity contribution >= 4 is 21.6 Å². The van der Waals surface area contributed by atoms with Crippen molar-refractivity contribution in [3.8, 4) is 5.75 Å². The Kier molecular flexibility index (Phi) is 3.45. The minimum absolute atomic E-state index is 0.241. The van der Waals surface area contributed by atoms with E-state index in [1.165, 1.54) is 11.3 Å². The molecule has 3 heterocycles. The molecule has 7 heteroatoms. The van der Waals surface area contributed by atoms with Crippen molar-refractivity contribution in [3.63, 3.8) is 0 Å². The Morgan fingerprint density at radius 2 is 2.16 bits per heavy atom. The van der Waals surface area contributed by atoms with E-state index in [1.807, 2.05) is 12.1 Å². The van der Waals surface area contributed by atoms with Crippen molar-refractivity contribution in [3.05, 3.63) is 24.5 Å². The highest BCUT2D eigenvalue weighted by atomic mass is 32.1. The zero-order valence-corrected chi connectivity index (χ0v) is 11.2. The molecule has 0 unspecified atom stereocenters. The molecule has 0 spiro atoms. The molecule has 2 N–H and O–H groups in total. The average Bonchev–Trinajstić information content (AvgIpc) is 2.87. The highest BCUT2D eigenvalue weighted by molar-refractivity contribution is 7.18. The van der Waals surface area contributed by atoms with Crippen molar-refractivity contribution < 1.29 is 4.74 Å². The van der Waals surface area contributed by atoms with Crippen molar-refractivity contribution in [2.24, 2.45) is 0 Å². The first-order valence-corrected chi connectivity index (χ1v) is 7.03. The number of anilines is 2. The largest absolute Gasteiger partial charge is 0.489 e. The zero-order valence-electron chi connectivity index (χ0n) is 10.4. The third-order valence-electron chi connectivity index (χ3n) is 3.08. The quantitative estimate of drug-likeness (QED) is 0.917. The zero-order chi connectivity index (χ0) is 13.1. The third kappa shape index (κ3) is 2.93. The van der Waals surface area contributed by atoms with Crippen LogP contribution in [0.2, 0.25) is 0 Å². The van der Waals surface area contributed by atoms with E-state index in [9.17, 15) is 0 Å². The van der Waals surface area contributed by atoms with Gasteiger partial charge in [-0.3, -0.25) is 4.98 Å². The van der Waals surface area contributed by atoms with E-state index in [0.717, 1.165) is 36.8 Å². The van der Waals surface area contributed by atoms with Crippen LogP contribution in [0.3, 0.4) is 0 Å². The van der Waals surface area contributed by atoms with Gasteiger partial charge in [-0.05, 0) is 12.1 Å². The molecule has 1 fully saturated rings. The van der Waals surface area contributed by atoms with Crippen LogP contribution in [0.5, 0.6) is 5.75 Å². The Morgan fingerprint density at radius 1 is 1.32 bits per heavy atom. The summed E-state index contributed by atoms with van der Waals surface area (Å²) in [5, 5.41) is 9.33. The first kappa shape index (κ1) is 12.2. The van der Waals surface area contributed by atoms with Gasteiger partial charge < -0.3 is 15.4 Å². The molecule has 1 saturated heterocycles. The fourth-order valence-electron chi connectivity index (χ4n) is 2.13. The number of nitrogens with zero attached hydrogens (tertiary/aromatic N) is 4. The molecule has 2 aromatic rings. The van der Waals surface area contributed by atoms with Crippen LogP contribution >= 0.6 is 11.3 Å². The lowest BCUT2D eigenvalue weighted by atomic mass is 10.1. The van der Waals surface area contributed by atoms with E-state index < -0.39 is 0 Å². The van der Waals surface area contributed by atoms with Crippen LogP contribution in [-0.2, 0) is 0 Å². The van der Waals surface area contributed by atoms with E-state index in [1.54, 1.807) is 12.4 Å². The maximum absolute atomic E-state index is 5.90. The summed E-state index contributed by atoms with van der Waals surface area (Å²) in [6.07, 6.45) is 5.67. The van der Waals surface area contributed by atoms with Gasteiger partial charge in [-0.2, -0.15) is 0 Å². The molecule has 3 rings (SSSR count). The van der Waals surface area contributed by atoms with Crippen LogP contribution < -0.4 is 15.4 Å². The van der Waals surface area contributed by atoms with Gasteiger partial charge in [-0.1, -0.05) is 11.3 Å². The van der Waals surface area contributed by atoms with Crippen LogP contribution in [0.25, 0.3) is 0 Å². The predicted molar refractivity (Wildman–Crippen MR) is 74.4 cm³/mol. The molecule has 2 aromatic heterocycles. The summed E-state index contributed by atoms with van der Waals surface area (Å²) in [7, 11) is 0. The number of ether oxygens (including phenoxy) is 1. The number of pyridine rings is 1. The fourth-order valence-corrected chi connectivity index (χ4v) is 2.79. The van der Waals surface area contributed by atoms with Crippen LogP contribution in [0.1, 0.15) is 12.8 Å². The number of nitrogen functional groups attached to an aromatic ring is 1. The molecule has 1 aliphatic heterocycles. The molecular formula is C12H15N5OS. The monoisotopic (exact) mass is 277 g/mol. The predicted octanol–water partition coefficient (Wildman–Crippen LogP) is 1.56. The smallest absolute Gasteiger partial charge is 0.209 e. The van der Waals surface area contributed by atoms with Crippen LogP contribution in [0, 0.1) is 0 Å². The lowest BCUT2D eigenvalue weighted by Gasteiger charge is -2.31. The van der Waals surface area contributed by atoms with Crippen molar-refractivity contribution in [1.82, 2.24) is 15.2 Å². The first-order valence-electron chi connectivity index (χ1n) is 6.22. The van der Waals surface area contributed by atoms with Crippen molar-refractivity contribution in [2.45, 2.75) is 18.9 Å². The van der Waals surface area contributed by atoms with Gasteiger partial charge >= 0.3 is 0 Å². The summed E-state index contributed by atoms with van der Waals surface area (Å²) in [6, 6.07) is 3.82. The Balaban J connectivity index is 1.55. The minimum Gasteiger partial charge on any atom is -0.489 e. The number of hydrogen-bond donors (Lipinski definition) is 1. The van der Waals surface area contributed by atoms with Gasteiger partial charge in [0.05, 0.1) is 6.20 Å². The van der Waals surface area contributed by atoms with Gasteiger partial charge in [0.15, 0.2) is 0 Å². The summed E-state index contributed by atoms with van der Waals surface area (Å²) >= 11 is 1.43. The van der Waals surface area contributed by atoms with Gasteiger partial charge in [-0.15, -0.1) is 10.2 Å². The molecule has 0 bridgehead atoms. The first-order chi connectivity index (χ1) is 9.31. The molecule has 1 aliphatic rings. The van der Waals surface area contributed by atoms with Crippen LogP contribution in [-0.4, -0.2) is 34.4 Å². The molecule has 0 saturated carbocycles. The minimum atomic E-state index is 0.241. The van der Waals surface area contributed by atoms with Gasteiger partial charge in [0.1, 0.15) is 11.9 Å². The van der Waals surface area contributed by atoms with Gasteiger partial charge in [-0.25, -0.2) is 0 Å². The van der Waals surface area contributed by atoms with Gasteiger partial charge in [0.25, 0.3) is 0 Å². The SMILES string of the molecule is Nc1nnc(N2CCC(Oc3cccnc3)CC2)s1. The molecule has 0 aliphatic carbocycles. The molecule has 0 amide bonds. The highest BCUT2D eigenvalue weighted by Crippen LogP contribution is 2.26. The topological polar surface area (TPSA) is 77.2 Å². The van der Waals surface area contributed by atoms with Crippen molar-refractivity contribution in [1.29, 1.82) is 0 Å². The fraction of sp³-hybridized carbons (Fsp3) is 0.417. The highest BCUT2D eigenvalue weighted by Gasteiger charge is 2.22. The number of nitrogens with two attached hydrogens (primary N) is 1. The molecular weight excluding hydrogens is 262 g/mol. The average molecular weight is 277 g/mol. The van der Waals surface area contributed by atoms with E-state index in [4.69, 9.17) is 10.5 Å². The summed E-state index contributed by atoms with van der Waals surface area (Å²) in [6.45, 7) is 1.83. The van der Waals surface area contributed by atoms with E-state index >= 15 is 0 Å². The third-order valence-corrected chi connectivity index (χ3v) is 3.89. The standard InChI is InChI=1S/C12H15N5OS/c13-11-15-16-12(19-11)17-6-3-9(4-7-17)18-10-2-1-5-14-8-10/h1-2,5,8-9H,3-4,6-7H2,(H2,13,15). The molecule has 0 radical (unpaired) electrons. The summed E-state index contributed by atoms with van der Waals surface area (Å²) in [5.74, 6) is 0.834. The van der Waals surface area contributed by atoms with E-state index in [-0.39, 0.29) is 6.10 Å². The van der Waals surface area contributed by atoms with Crippen molar-refractivity contribution in [2.75, 3.05) is 23.7 Å². The Hall–Kier alpha value is -1.89. The second-order valence-electron chi connectivity index (χ2n) is 4.42. The number of aromatic nitrogens is 3. The van der Waals surface area contributed by atoms with E-state index in [2.05, 4.69) is 20.1 Å². The molecule has 19 heavy (non-hydrogen) atoms. The second-order valence-corrected chi connectivity index (χ2v) is 5.40.